The number of hydrogen-bond donors (Lipinski definition) is 1. The van der Waals surface area contributed by atoms with Crippen LogP contribution in [0.2, 0.25) is 0 Å². The molecule has 0 radical (unpaired) electrons. The molecule has 0 saturated carbocycles. The largest absolute Gasteiger partial charge is 0.493 e. The van der Waals surface area contributed by atoms with E-state index in [0.717, 1.165) is 17.7 Å². The van der Waals surface area contributed by atoms with Crippen molar-refractivity contribution in [1.82, 2.24) is 0 Å². The number of non-ortho nitro benzene ring substituents is 1. The second-order valence-electron chi connectivity index (χ2n) is 6.27. The van der Waals surface area contributed by atoms with E-state index in [0.29, 0.717) is 23.7 Å². The van der Waals surface area contributed by atoms with Crippen LogP contribution >= 0.6 is 0 Å². The van der Waals surface area contributed by atoms with Gasteiger partial charge in [0.2, 0.25) is 0 Å². The Labute approximate surface area is 177 Å². The summed E-state index contributed by atoms with van der Waals surface area (Å²) in [6, 6.07) is 18.1. The molecule has 0 saturated heterocycles. The van der Waals surface area contributed by atoms with Crippen molar-refractivity contribution < 1.29 is 19.3 Å². The van der Waals surface area contributed by atoms with E-state index in [2.05, 4.69) is 10.5 Å². The molecule has 0 fully saturated rings. The molecule has 3 rings (SSSR count). The van der Waals surface area contributed by atoms with Crippen LogP contribution in [0.1, 0.15) is 11.1 Å². The van der Waals surface area contributed by atoms with E-state index in [1.165, 1.54) is 19.4 Å². The molecule has 10 nitrogen and oxygen atoms in total. The molecular weight excluding hydrogens is 404 g/mol. The maximum absolute atomic E-state index is 11.2. The molecule has 0 atom stereocenters. The van der Waals surface area contributed by atoms with Crippen molar-refractivity contribution in [3.63, 3.8) is 0 Å². The summed E-state index contributed by atoms with van der Waals surface area (Å²) in [4.78, 5) is 20.6. The Morgan fingerprint density at radius 1 is 0.968 bits per heavy atom. The Morgan fingerprint density at radius 3 is 2.42 bits per heavy atom. The van der Waals surface area contributed by atoms with Crippen molar-refractivity contribution in [3.8, 4) is 11.5 Å². The van der Waals surface area contributed by atoms with Gasteiger partial charge in [0.05, 0.1) is 29.2 Å². The average Bonchev–Trinajstić information content (AvgIpc) is 2.78. The van der Waals surface area contributed by atoms with Crippen molar-refractivity contribution in [2.45, 2.75) is 6.61 Å². The monoisotopic (exact) mass is 422 g/mol. The lowest BCUT2D eigenvalue weighted by atomic mass is 10.2. The molecule has 0 spiro atoms. The van der Waals surface area contributed by atoms with Crippen LogP contribution in [-0.4, -0.2) is 23.2 Å². The molecular formula is C21H18N4O6. The summed E-state index contributed by atoms with van der Waals surface area (Å²) in [6.07, 6.45) is 1.44. The number of nitro groups is 2. The Morgan fingerprint density at radius 2 is 1.74 bits per heavy atom. The van der Waals surface area contributed by atoms with Crippen molar-refractivity contribution in [3.05, 3.63) is 98.1 Å². The molecule has 0 aromatic heterocycles. The molecule has 0 heterocycles. The van der Waals surface area contributed by atoms with Gasteiger partial charge in [0, 0.05) is 6.07 Å². The van der Waals surface area contributed by atoms with E-state index in [9.17, 15) is 20.2 Å². The van der Waals surface area contributed by atoms with Crippen LogP contribution in [0.25, 0.3) is 0 Å². The molecule has 3 aromatic carbocycles. The summed E-state index contributed by atoms with van der Waals surface area (Å²) < 4.78 is 11.2. The summed E-state index contributed by atoms with van der Waals surface area (Å²) in [6.45, 7) is 0.352. The number of anilines is 1. The van der Waals surface area contributed by atoms with E-state index in [1.54, 1.807) is 18.2 Å². The molecule has 1 N–H and O–H groups in total. The lowest BCUT2D eigenvalue weighted by Gasteiger charge is -2.11. The second kappa shape index (κ2) is 9.83. The van der Waals surface area contributed by atoms with Crippen molar-refractivity contribution >= 4 is 23.3 Å². The predicted octanol–water partition coefficient (Wildman–Crippen LogP) is 4.54. The Balaban J connectivity index is 1.75. The smallest absolute Gasteiger partial charge is 0.301 e. The summed E-state index contributed by atoms with van der Waals surface area (Å²) in [5, 5.41) is 26.0. The molecule has 0 aliphatic carbocycles. The van der Waals surface area contributed by atoms with Gasteiger partial charge in [-0.3, -0.25) is 25.7 Å². The molecule has 0 bridgehead atoms. The zero-order chi connectivity index (χ0) is 22.2. The number of ether oxygens (including phenoxy) is 2. The number of rotatable bonds is 9. The van der Waals surface area contributed by atoms with Crippen LogP contribution in [0.4, 0.5) is 17.1 Å². The van der Waals surface area contributed by atoms with Gasteiger partial charge in [0.1, 0.15) is 12.3 Å². The highest BCUT2D eigenvalue weighted by Crippen LogP contribution is 2.30. The van der Waals surface area contributed by atoms with Gasteiger partial charge >= 0.3 is 5.69 Å². The van der Waals surface area contributed by atoms with Crippen molar-refractivity contribution in [2.24, 2.45) is 5.10 Å². The maximum atomic E-state index is 11.2. The Bertz CT molecular complexity index is 1120. The van der Waals surface area contributed by atoms with Gasteiger partial charge in [0.25, 0.3) is 5.69 Å². The van der Waals surface area contributed by atoms with E-state index in [-0.39, 0.29) is 11.4 Å². The fourth-order valence-corrected chi connectivity index (χ4v) is 2.68. The van der Waals surface area contributed by atoms with Gasteiger partial charge in [-0.25, -0.2) is 0 Å². The molecule has 158 valence electrons. The minimum absolute atomic E-state index is 0.0286. The zero-order valence-corrected chi connectivity index (χ0v) is 16.4. The number of benzene rings is 3. The van der Waals surface area contributed by atoms with E-state index < -0.39 is 15.5 Å². The first kappa shape index (κ1) is 21.2. The third-order valence-electron chi connectivity index (χ3n) is 4.21. The minimum Gasteiger partial charge on any atom is -0.493 e. The summed E-state index contributed by atoms with van der Waals surface area (Å²) in [5.41, 5.74) is 3.40. The average molecular weight is 422 g/mol. The molecule has 0 aliphatic rings. The SMILES string of the molecule is COc1ccc(/C=N/Nc2ccc([N+](=O)[O-])cc2[N+](=O)[O-])cc1OCc1ccccc1. The lowest BCUT2D eigenvalue weighted by molar-refractivity contribution is -0.393. The molecule has 0 amide bonds. The van der Waals surface area contributed by atoms with Crippen LogP contribution in [0, 0.1) is 20.2 Å². The normalized spacial score (nSPS) is 10.6. The van der Waals surface area contributed by atoms with Crippen LogP contribution in [0.15, 0.2) is 71.8 Å². The second-order valence-corrected chi connectivity index (χ2v) is 6.27. The van der Waals surface area contributed by atoms with Gasteiger partial charge in [0.15, 0.2) is 11.5 Å². The number of hydrogen-bond acceptors (Lipinski definition) is 8. The highest BCUT2D eigenvalue weighted by molar-refractivity contribution is 5.82. The molecule has 0 unspecified atom stereocenters. The van der Waals surface area contributed by atoms with Gasteiger partial charge < -0.3 is 9.47 Å². The topological polar surface area (TPSA) is 129 Å². The molecule has 31 heavy (non-hydrogen) atoms. The van der Waals surface area contributed by atoms with Crippen LogP contribution in [0.3, 0.4) is 0 Å². The van der Waals surface area contributed by atoms with Gasteiger partial charge in [-0.05, 0) is 35.4 Å². The van der Waals surface area contributed by atoms with E-state index in [4.69, 9.17) is 9.47 Å². The predicted molar refractivity (Wildman–Crippen MR) is 115 cm³/mol. The number of nitrogens with one attached hydrogen (secondary N) is 1. The van der Waals surface area contributed by atoms with Gasteiger partial charge in [-0.2, -0.15) is 5.10 Å². The van der Waals surface area contributed by atoms with Crippen LogP contribution in [0.5, 0.6) is 11.5 Å². The van der Waals surface area contributed by atoms with Crippen LogP contribution in [-0.2, 0) is 6.61 Å². The van der Waals surface area contributed by atoms with E-state index >= 15 is 0 Å². The zero-order valence-electron chi connectivity index (χ0n) is 16.4. The summed E-state index contributed by atoms with van der Waals surface area (Å²) in [5.74, 6) is 1.06. The minimum atomic E-state index is -0.715. The number of methoxy groups -OCH3 is 1. The Kier molecular flexibility index (Phi) is 6.74. The number of nitrogens with zero attached hydrogens (tertiary/aromatic N) is 3. The van der Waals surface area contributed by atoms with E-state index in [1.807, 2.05) is 30.3 Å². The van der Waals surface area contributed by atoms with Crippen molar-refractivity contribution in [2.75, 3.05) is 12.5 Å². The van der Waals surface area contributed by atoms with Gasteiger partial charge in [-0.1, -0.05) is 30.3 Å². The quantitative estimate of drug-likeness (QED) is 0.304. The first-order chi connectivity index (χ1) is 15.0. The fraction of sp³-hybridized carbons (Fsp3) is 0.0952. The third-order valence-corrected chi connectivity index (χ3v) is 4.21. The van der Waals surface area contributed by atoms with Crippen molar-refractivity contribution in [1.29, 1.82) is 0 Å². The Hall–Kier alpha value is -4.47. The number of nitro benzene ring substituents is 2. The maximum Gasteiger partial charge on any atom is 0.301 e. The molecule has 3 aromatic rings. The van der Waals surface area contributed by atoms with Crippen LogP contribution < -0.4 is 14.9 Å². The molecule has 10 heteroatoms. The fourth-order valence-electron chi connectivity index (χ4n) is 2.68. The standard InChI is InChI=1S/C21H18N4O6/c1-30-20-10-7-16(11-21(20)31-14-15-5-3-2-4-6-15)13-22-23-18-9-8-17(24(26)27)12-19(18)25(28)29/h2-13,23H,14H2,1H3/b22-13+. The summed E-state index contributed by atoms with van der Waals surface area (Å²) in [7, 11) is 1.54. The first-order valence-corrected chi connectivity index (χ1v) is 9.04. The highest BCUT2D eigenvalue weighted by Gasteiger charge is 2.19. The van der Waals surface area contributed by atoms with Gasteiger partial charge in [-0.15, -0.1) is 0 Å². The third kappa shape index (κ3) is 5.54. The highest BCUT2D eigenvalue weighted by atomic mass is 16.6. The summed E-state index contributed by atoms with van der Waals surface area (Å²) >= 11 is 0. The number of hydrazone groups is 1. The molecule has 0 aliphatic heterocycles. The first-order valence-electron chi connectivity index (χ1n) is 9.04. The lowest BCUT2D eigenvalue weighted by Crippen LogP contribution is -2.00.